The maximum atomic E-state index is 12.0. The molecule has 0 aliphatic carbocycles. The number of aromatic amines is 1. The number of piperidine rings is 1. The number of amides is 1. The summed E-state index contributed by atoms with van der Waals surface area (Å²) in [7, 11) is 1.86. The van der Waals surface area contributed by atoms with Gasteiger partial charge in [-0.2, -0.15) is 5.26 Å². The van der Waals surface area contributed by atoms with Gasteiger partial charge in [-0.3, -0.25) is 9.78 Å². The predicted molar refractivity (Wildman–Crippen MR) is 85.2 cm³/mol. The molecule has 1 N–H and O–H groups in total. The van der Waals surface area contributed by atoms with Crippen LogP contribution in [0.5, 0.6) is 0 Å². The first kappa shape index (κ1) is 16.0. The number of nitrogens with zero attached hydrogens (tertiary/aromatic N) is 5. The van der Waals surface area contributed by atoms with Gasteiger partial charge in [0.15, 0.2) is 11.5 Å². The topological polar surface area (TPSA) is 119 Å². The largest absolute Gasteiger partial charge is 0.418 e. The van der Waals surface area contributed by atoms with Gasteiger partial charge in [0.2, 0.25) is 11.5 Å². The maximum Gasteiger partial charge on any atom is 0.418 e. The fraction of sp³-hybridized carbons (Fsp3) is 0.533. The number of carbonyl (C=O) groups excluding carboxylic acids is 1. The first-order chi connectivity index (χ1) is 11.5. The molecule has 2 atom stereocenters. The van der Waals surface area contributed by atoms with Gasteiger partial charge in [-0.05, 0) is 12.3 Å². The van der Waals surface area contributed by atoms with Gasteiger partial charge in [0, 0.05) is 20.1 Å². The molecule has 3 rings (SSSR count). The Bertz CT molecular complexity index is 851. The van der Waals surface area contributed by atoms with E-state index in [2.05, 4.69) is 21.9 Å². The van der Waals surface area contributed by atoms with Gasteiger partial charge in [0.1, 0.15) is 12.7 Å². The quantitative estimate of drug-likeness (QED) is 0.870. The summed E-state index contributed by atoms with van der Waals surface area (Å²) in [6.07, 6.45) is 2.08. The molecule has 2 unspecified atom stereocenters. The second-order valence-corrected chi connectivity index (χ2v) is 6.01. The van der Waals surface area contributed by atoms with Crippen LogP contribution in [0.2, 0.25) is 0 Å². The van der Waals surface area contributed by atoms with Crippen molar-refractivity contribution in [2.45, 2.75) is 25.8 Å². The van der Waals surface area contributed by atoms with Crippen molar-refractivity contribution in [2.24, 2.45) is 5.92 Å². The lowest BCUT2D eigenvalue weighted by atomic mass is 9.92. The first-order valence-electron chi connectivity index (χ1n) is 7.72. The highest BCUT2D eigenvalue weighted by Crippen LogP contribution is 2.28. The molecule has 2 aromatic heterocycles. The lowest BCUT2D eigenvalue weighted by molar-refractivity contribution is -0.131. The summed E-state index contributed by atoms with van der Waals surface area (Å²) in [5.41, 5.74) is 0.649. The molecule has 0 saturated carbocycles. The fourth-order valence-electron chi connectivity index (χ4n) is 3.13. The molecular formula is C15H18N6O3. The van der Waals surface area contributed by atoms with Gasteiger partial charge in [0.05, 0.1) is 12.1 Å². The molecule has 0 aromatic carbocycles. The van der Waals surface area contributed by atoms with Crippen molar-refractivity contribution in [3.8, 4) is 6.07 Å². The average molecular weight is 330 g/mol. The number of likely N-dealkylation sites (N-methyl/N-ethyl adjacent to an activating group) is 1. The first-order valence-corrected chi connectivity index (χ1v) is 7.72. The lowest BCUT2D eigenvalue weighted by Crippen LogP contribution is -2.52. The van der Waals surface area contributed by atoms with Crippen molar-refractivity contribution < 1.29 is 9.21 Å². The van der Waals surface area contributed by atoms with Crippen molar-refractivity contribution in [3.63, 3.8) is 0 Å². The lowest BCUT2D eigenvalue weighted by Gasteiger charge is -2.41. The van der Waals surface area contributed by atoms with Gasteiger partial charge in [-0.1, -0.05) is 6.92 Å². The number of oxazole rings is 1. The van der Waals surface area contributed by atoms with Crippen molar-refractivity contribution in [1.82, 2.24) is 19.9 Å². The minimum atomic E-state index is -0.581. The normalized spacial score (nSPS) is 20.8. The Labute approximate surface area is 137 Å². The van der Waals surface area contributed by atoms with E-state index in [0.717, 1.165) is 6.42 Å². The second-order valence-electron chi connectivity index (χ2n) is 6.01. The van der Waals surface area contributed by atoms with Crippen LogP contribution >= 0.6 is 0 Å². The monoisotopic (exact) mass is 330 g/mol. The van der Waals surface area contributed by atoms with Crippen molar-refractivity contribution in [1.29, 1.82) is 5.26 Å². The van der Waals surface area contributed by atoms with E-state index in [1.807, 2.05) is 18.0 Å². The summed E-state index contributed by atoms with van der Waals surface area (Å²) in [6, 6.07) is 1.90. The van der Waals surface area contributed by atoms with Crippen LogP contribution in [-0.2, 0) is 4.79 Å². The number of nitriles is 1. The molecule has 1 aliphatic heterocycles. The second kappa shape index (κ2) is 6.31. The molecule has 0 bridgehead atoms. The van der Waals surface area contributed by atoms with Crippen LogP contribution in [0.25, 0.3) is 11.2 Å². The van der Waals surface area contributed by atoms with Crippen LogP contribution < -0.4 is 10.7 Å². The molecular weight excluding hydrogens is 312 g/mol. The van der Waals surface area contributed by atoms with Gasteiger partial charge in [-0.15, -0.1) is 0 Å². The SMILES string of the molecule is CC1CCN(C(=O)CC#N)CC1N(C)c1ncnc2[nH]c(=O)oc12. The zero-order valence-corrected chi connectivity index (χ0v) is 13.5. The van der Waals surface area contributed by atoms with E-state index in [1.54, 1.807) is 4.90 Å². The summed E-state index contributed by atoms with van der Waals surface area (Å²) >= 11 is 0. The number of fused-ring (bicyclic) bond motifs is 1. The Balaban J connectivity index is 1.89. The Morgan fingerprint density at radius 3 is 3.12 bits per heavy atom. The molecule has 1 aliphatic rings. The molecule has 0 radical (unpaired) electrons. The third-order valence-corrected chi connectivity index (χ3v) is 4.53. The molecule has 1 fully saturated rings. The summed E-state index contributed by atoms with van der Waals surface area (Å²) in [4.78, 5) is 37.8. The number of carbonyl (C=O) groups is 1. The minimum absolute atomic E-state index is 0.000283. The van der Waals surface area contributed by atoms with Gasteiger partial charge < -0.3 is 14.2 Å². The molecule has 0 spiro atoms. The average Bonchev–Trinajstić information content (AvgIpc) is 2.95. The smallest absolute Gasteiger partial charge is 0.402 e. The third-order valence-electron chi connectivity index (χ3n) is 4.53. The molecule has 1 amide bonds. The molecule has 1 saturated heterocycles. The van der Waals surface area contributed by atoms with E-state index in [1.165, 1.54) is 6.33 Å². The van der Waals surface area contributed by atoms with E-state index < -0.39 is 5.76 Å². The summed E-state index contributed by atoms with van der Waals surface area (Å²) in [6.45, 7) is 3.25. The van der Waals surface area contributed by atoms with Crippen molar-refractivity contribution >= 4 is 23.0 Å². The Hall–Kier alpha value is -2.89. The van der Waals surface area contributed by atoms with Crippen LogP contribution in [0.15, 0.2) is 15.5 Å². The van der Waals surface area contributed by atoms with E-state index >= 15 is 0 Å². The van der Waals surface area contributed by atoms with Crippen LogP contribution in [-0.4, -0.2) is 51.9 Å². The molecule has 2 aromatic rings. The molecule has 9 nitrogen and oxygen atoms in total. The zero-order chi connectivity index (χ0) is 17.3. The van der Waals surface area contributed by atoms with E-state index in [-0.39, 0.29) is 18.4 Å². The van der Waals surface area contributed by atoms with Gasteiger partial charge in [-0.25, -0.2) is 14.8 Å². The number of aromatic nitrogens is 3. The van der Waals surface area contributed by atoms with E-state index in [4.69, 9.17) is 9.68 Å². The number of hydrogen-bond donors (Lipinski definition) is 1. The van der Waals surface area contributed by atoms with E-state index in [0.29, 0.717) is 36.1 Å². The highest BCUT2D eigenvalue weighted by Gasteiger charge is 2.33. The Morgan fingerprint density at radius 1 is 1.58 bits per heavy atom. The molecule has 9 heteroatoms. The van der Waals surface area contributed by atoms with Crippen LogP contribution in [0.1, 0.15) is 19.8 Å². The summed E-state index contributed by atoms with van der Waals surface area (Å²) < 4.78 is 5.16. The number of hydrogen-bond acceptors (Lipinski definition) is 7. The predicted octanol–water partition coefficient (Wildman–Crippen LogP) is 0.498. The van der Waals surface area contributed by atoms with Gasteiger partial charge in [0.25, 0.3) is 0 Å². The highest BCUT2D eigenvalue weighted by molar-refractivity contribution is 5.81. The van der Waals surface area contributed by atoms with Crippen LogP contribution in [0.3, 0.4) is 0 Å². The number of H-pyrrole nitrogens is 1. The number of anilines is 1. The number of likely N-dealkylation sites (tertiary alicyclic amines) is 1. The number of nitrogens with one attached hydrogen (secondary N) is 1. The zero-order valence-electron chi connectivity index (χ0n) is 13.5. The summed E-state index contributed by atoms with van der Waals surface area (Å²) in [5, 5.41) is 8.72. The summed E-state index contributed by atoms with van der Waals surface area (Å²) in [5.74, 6) is 0.0769. The molecule has 126 valence electrons. The molecule has 3 heterocycles. The third kappa shape index (κ3) is 2.82. The Kier molecular flexibility index (Phi) is 4.20. The number of rotatable bonds is 3. The van der Waals surface area contributed by atoms with E-state index in [9.17, 15) is 9.59 Å². The Morgan fingerprint density at radius 2 is 2.38 bits per heavy atom. The van der Waals surface area contributed by atoms with Crippen molar-refractivity contribution in [3.05, 3.63) is 16.9 Å². The minimum Gasteiger partial charge on any atom is -0.402 e. The standard InChI is InChI=1S/C15H18N6O3/c1-9-4-6-21(11(22)3-5-16)7-10(9)20(2)14-12-13(17-8-18-14)19-15(23)24-12/h8-10H,3-4,6-7H2,1-2H3,(H,17,18,19,23). The fourth-order valence-corrected chi connectivity index (χ4v) is 3.13. The van der Waals surface area contributed by atoms with Gasteiger partial charge >= 0.3 is 5.76 Å². The molecule has 24 heavy (non-hydrogen) atoms. The maximum absolute atomic E-state index is 12.0. The highest BCUT2D eigenvalue weighted by atomic mass is 16.4. The van der Waals surface area contributed by atoms with Crippen molar-refractivity contribution in [2.75, 3.05) is 25.0 Å². The van der Waals surface area contributed by atoms with Crippen LogP contribution in [0, 0.1) is 17.2 Å². The van der Waals surface area contributed by atoms with Crippen LogP contribution in [0.4, 0.5) is 5.82 Å².